The fraction of sp³-hybridized carbons (Fsp3) is 0.188. The van der Waals surface area contributed by atoms with E-state index in [0.29, 0.717) is 11.3 Å². The van der Waals surface area contributed by atoms with E-state index in [4.69, 9.17) is 4.74 Å². The Morgan fingerprint density at radius 2 is 1.63 bits per heavy atom. The van der Waals surface area contributed by atoms with Crippen LogP contribution < -0.4 is 4.74 Å². The molecule has 0 atom stereocenters. The molecule has 0 amide bonds. The van der Waals surface area contributed by atoms with Crippen LogP contribution in [-0.4, -0.2) is 25.0 Å². The first kappa shape index (κ1) is 13.3. The first-order valence-corrected chi connectivity index (χ1v) is 6.16. The Morgan fingerprint density at radius 3 is 2.21 bits per heavy atom. The van der Waals surface area contributed by atoms with Crippen molar-refractivity contribution in [2.75, 3.05) is 14.1 Å². The summed E-state index contributed by atoms with van der Waals surface area (Å²) in [7, 11) is 4.02. The SMILES string of the molecule is CN(C)Cc1ccc(C(=O)Oc2ccccc2)cc1. The van der Waals surface area contributed by atoms with Crippen LogP contribution in [0.5, 0.6) is 5.75 Å². The highest BCUT2D eigenvalue weighted by molar-refractivity contribution is 5.91. The van der Waals surface area contributed by atoms with E-state index in [-0.39, 0.29) is 5.97 Å². The number of esters is 1. The number of carbonyl (C=O) groups is 1. The highest BCUT2D eigenvalue weighted by Gasteiger charge is 2.08. The number of hydrogen-bond donors (Lipinski definition) is 0. The van der Waals surface area contributed by atoms with Crippen LogP contribution in [0.2, 0.25) is 0 Å². The predicted molar refractivity (Wildman–Crippen MR) is 75.2 cm³/mol. The van der Waals surface area contributed by atoms with E-state index in [0.717, 1.165) is 6.54 Å². The molecule has 0 aliphatic heterocycles. The lowest BCUT2D eigenvalue weighted by atomic mass is 10.1. The Kier molecular flexibility index (Phi) is 4.31. The number of carbonyl (C=O) groups excluding carboxylic acids is 1. The molecule has 0 aliphatic carbocycles. The fourth-order valence-corrected chi connectivity index (χ4v) is 1.77. The second kappa shape index (κ2) is 6.16. The first-order chi connectivity index (χ1) is 9.15. The van der Waals surface area contributed by atoms with Gasteiger partial charge in [0.15, 0.2) is 0 Å². The van der Waals surface area contributed by atoms with Gasteiger partial charge in [-0.1, -0.05) is 30.3 Å². The van der Waals surface area contributed by atoms with Gasteiger partial charge in [-0.15, -0.1) is 0 Å². The van der Waals surface area contributed by atoms with Crippen LogP contribution in [0.3, 0.4) is 0 Å². The minimum absolute atomic E-state index is 0.331. The first-order valence-electron chi connectivity index (χ1n) is 6.16. The molecule has 2 rings (SSSR count). The van der Waals surface area contributed by atoms with Crippen LogP contribution in [0.4, 0.5) is 0 Å². The van der Waals surface area contributed by atoms with Gasteiger partial charge in [0.25, 0.3) is 0 Å². The maximum Gasteiger partial charge on any atom is 0.343 e. The van der Waals surface area contributed by atoms with Crippen LogP contribution in [0.15, 0.2) is 54.6 Å². The summed E-state index contributed by atoms with van der Waals surface area (Å²) >= 11 is 0. The van der Waals surface area contributed by atoms with Crippen molar-refractivity contribution in [3.63, 3.8) is 0 Å². The van der Waals surface area contributed by atoms with E-state index in [1.54, 1.807) is 24.3 Å². The van der Waals surface area contributed by atoms with Gasteiger partial charge in [0, 0.05) is 6.54 Å². The summed E-state index contributed by atoms with van der Waals surface area (Å²) in [5.41, 5.74) is 1.73. The fourth-order valence-electron chi connectivity index (χ4n) is 1.77. The van der Waals surface area contributed by atoms with Crippen LogP contribution >= 0.6 is 0 Å². The zero-order chi connectivity index (χ0) is 13.7. The summed E-state index contributed by atoms with van der Waals surface area (Å²) in [6.45, 7) is 0.855. The lowest BCUT2D eigenvalue weighted by Gasteiger charge is -2.10. The second-order valence-electron chi connectivity index (χ2n) is 4.64. The number of hydrogen-bond acceptors (Lipinski definition) is 3. The van der Waals surface area contributed by atoms with Crippen LogP contribution in [0, 0.1) is 0 Å². The third-order valence-electron chi connectivity index (χ3n) is 2.64. The largest absolute Gasteiger partial charge is 0.423 e. The molecule has 0 radical (unpaired) electrons. The molecule has 2 aromatic carbocycles. The Morgan fingerprint density at radius 1 is 1.00 bits per heavy atom. The molecule has 2 aromatic rings. The second-order valence-corrected chi connectivity index (χ2v) is 4.64. The molecule has 0 heterocycles. The molecule has 0 saturated heterocycles. The van der Waals surface area contributed by atoms with Crippen molar-refractivity contribution in [2.24, 2.45) is 0 Å². The van der Waals surface area contributed by atoms with Crippen LogP contribution in [0.1, 0.15) is 15.9 Å². The van der Waals surface area contributed by atoms with E-state index in [1.807, 2.05) is 44.4 Å². The summed E-state index contributed by atoms with van der Waals surface area (Å²) in [5.74, 6) is 0.229. The Hall–Kier alpha value is -2.13. The molecular formula is C16H17NO2. The molecule has 0 N–H and O–H groups in total. The van der Waals surface area contributed by atoms with Crippen LogP contribution in [0.25, 0.3) is 0 Å². The molecular weight excluding hydrogens is 238 g/mol. The van der Waals surface area contributed by atoms with Crippen molar-refractivity contribution in [2.45, 2.75) is 6.54 Å². The van der Waals surface area contributed by atoms with Gasteiger partial charge in [-0.3, -0.25) is 0 Å². The molecule has 19 heavy (non-hydrogen) atoms. The van der Waals surface area contributed by atoms with Gasteiger partial charge < -0.3 is 9.64 Å². The normalized spacial score (nSPS) is 10.5. The zero-order valence-electron chi connectivity index (χ0n) is 11.2. The molecule has 0 unspecified atom stereocenters. The molecule has 3 heteroatoms. The van der Waals surface area contributed by atoms with Crippen molar-refractivity contribution in [1.29, 1.82) is 0 Å². The predicted octanol–water partition coefficient (Wildman–Crippen LogP) is 2.97. The van der Waals surface area contributed by atoms with Crippen molar-refractivity contribution in [1.82, 2.24) is 4.90 Å². The number of rotatable bonds is 4. The highest BCUT2D eigenvalue weighted by atomic mass is 16.5. The minimum Gasteiger partial charge on any atom is -0.423 e. The Labute approximate surface area is 113 Å². The van der Waals surface area contributed by atoms with E-state index in [1.165, 1.54) is 5.56 Å². The van der Waals surface area contributed by atoms with E-state index in [2.05, 4.69) is 4.90 Å². The molecule has 98 valence electrons. The standard InChI is InChI=1S/C16H17NO2/c1-17(2)12-13-8-10-14(11-9-13)16(18)19-15-6-4-3-5-7-15/h3-11H,12H2,1-2H3. The third kappa shape index (κ3) is 3.93. The Balaban J connectivity index is 2.04. The van der Waals surface area contributed by atoms with E-state index < -0.39 is 0 Å². The molecule has 3 nitrogen and oxygen atoms in total. The number of ether oxygens (including phenoxy) is 1. The van der Waals surface area contributed by atoms with Crippen molar-refractivity contribution in [3.8, 4) is 5.75 Å². The molecule has 0 saturated carbocycles. The average Bonchev–Trinajstić information content (AvgIpc) is 2.40. The summed E-state index contributed by atoms with van der Waals surface area (Å²) in [4.78, 5) is 14.0. The number of nitrogens with zero attached hydrogens (tertiary/aromatic N) is 1. The topological polar surface area (TPSA) is 29.5 Å². The van der Waals surface area contributed by atoms with Crippen molar-refractivity contribution >= 4 is 5.97 Å². The molecule has 0 aliphatic rings. The third-order valence-corrected chi connectivity index (χ3v) is 2.64. The minimum atomic E-state index is -0.331. The van der Waals surface area contributed by atoms with Gasteiger partial charge in [0.2, 0.25) is 0 Å². The van der Waals surface area contributed by atoms with Gasteiger partial charge in [-0.2, -0.15) is 0 Å². The molecule has 0 bridgehead atoms. The monoisotopic (exact) mass is 255 g/mol. The lowest BCUT2D eigenvalue weighted by molar-refractivity contribution is 0.0735. The summed E-state index contributed by atoms with van der Waals surface area (Å²) in [5, 5.41) is 0. The Bertz CT molecular complexity index is 532. The van der Waals surface area contributed by atoms with Gasteiger partial charge >= 0.3 is 5.97 Å². The van der Waals surface area contributed by atoms with Crippen molar-refractivity contribution < 1.29 is 9.53 Å². The summed E-state index contributed by atoms with van der Waals surface area (Å²) in [6, 6.07) is 16.6. The molecule has 0 aromatic heterocycles. The van der Waals surface area contributed by atoms with Gasteiger partial charge in [-0.25, -0.2) is 4.79 Å². The van der Waals surface area contributed by atoms with Crippen LogP contribution in [-0.2, 0) is 6.54 Å². The van der Waals surface area contributed by atoms with Gasteiger partial charge in [0.05, 0.1) is 5.56 Å². The summed E-state index contributed by atoms with van der Waals surface area (Å²) < 4.78 is 5.27. The zero-order valence-corrected chi connectivity index (χ0v) is 11.2. The van der Waals surface area contributed by atoms with Gasteiger partial charge in [-0.05, 0) is 43.9 Å². The van der Waals surface area contributed by atoms with Gasteiger partial charge in [0.1, 0.15) is 5.75 Å². The molecule has 0 spiro atoms. The number of para-hydroxylation sites is 1. The van der Waals surface area contributed by atoms with E-state index >= 15 is 0 Å². The molecule has 0 fully saturated rings. The maximum absolute atomic E-state index is 11.9. The highest BCUT2D eigenvalue weighted by Crippen LogP contribution is 2.12. The smallest absolute Gasteiger partial charge is 0.343 e. The maximum atomic E-state index is 11.9. The van der Waals surface area contributed by atoms with E-state index in [9.17, 15) is 4.79 Å². The van der Waals surface area contributed by atoms with Crippen molar-refractivity contribution in [3.05, 3.63) is 65.7 Å². The number of benzene rings is 2. The summed E-state index contributed by atoms with van der Waals surface area (Å²) in [6.07, 6.45) is 0. The average molecular weight is 255 g/mol. The lowest BCUT2D eigenvalue weighted by Crippen LogP contribution is -2.11. The quantitative estimate of drug-likeness (QED) is 0.621.